The van der Waals surface area contributed by atoms with Gasteiger partial charge in [-0.05, 0) is 6.92 Å². The Morgan fingerprint density at radius 1 is 1.88 bits per heavy atom. The Hall–Kier alpha value is 0.180. The number of epoxide rings is 1. The molecule has 0 aromatic heterocycles. The fourth-order valence-corrected chi connectivity index (χ4v) is 0.933. The van der Waals surface area contributed by atoms with Crippen LogP contribution in [0.2, 0.25) is 0 Å². The highest BCUT2D eigenvalue weighted by molar-refractivity contribution is 6.18. The first-order valence-corrected chi connectivity index (χ1v) is 3.14. The predicted octanol–water partition coefficient (Wildman–Crippen LogP) is 1.35. The van der Waals surface area contributed by atoms with Crippen molar-refractivity contribution in [3.63, 3.8) is 0 Å². The van der Waals surface area contributed by atoms with Crippen molar-refractivity contribution in [3.8, 4) is 0 Å². The molecule has 8 heavy (non-hydrogen) atoms. The molecular weight excluding hydrogens is 131 g/mol. The summed E-state index contributed by atoms with van der Waals surface area (Å²) in [7, 11) is 0. The van der Waals surface area contributed by atoms with Gasteiger partial charge in [0.25, 0.3) is 0 Å². The molecule has 0 aromatic rings. The molecule has 0 aromatic carbocycles. The van der Waals surface area contributed by atoms with Gasteiger partial charge in [-0.3, -0.25) is 0 Å². The van der Waals surface area contributed by atoms with E-state index in [1.54, 1.807) is 0 Å². The van der Waals surface area contributed by atoms with Gasteiger partial charge in [0.15, 0.2) is 0 Å². The molecule has 0 saturated carbocycles. The smallest absolute Gasteiger partial charge is 0.126 e. The summed E-state index contributed by atoms with van der Waals surface area (Å²) in [6, 6.07) is 0. The third-order valence-corrected chi connectivity index (χ3v) is 1.53. The summed E-state index contributed by atoms with van der Waals surface area (Å²) in [4.78, 5) is 0. The summed E-state index contributed by atoms with van der Waals surface area (Å²) in [5.41, 5.74) is 0. The SMILES string of the molecule is CC(F)C1OC1CCl. The molecule has 1 heterocycles. The highest BCUT2D eigenvalue weighted by Gasteiger charge is 2.42. The lowest BCUT2D eigenvalue weighted by Crippen LogP contribution is -2.06. The molecule has 0 aliphatic carbocycles. The van der Waals surface area contributed by atoms with E-state index >= 15 is 0 Å². The lowest BCUT2D eigenvalue weighted by atomic mass is 10.2. The minimum Gasteiger partial charge on any atom is -0.365 e. The third kappa shape index (κ3) is 1.12. The average Bonchev–Trinajstić information content (AvgIpc) is 2.42. The molecule has 1 aliphatic heterocycles. The van der Waals surface area contributed by atoms with Crippen molar-refractivity contribution in [1.29, 1.82) is 0 Å². The second kappa shape index (κ2) is 2.19. The Labute approximate surface area is 52.8 Å². The summed E-state index contributed by atoms with van der Waals surface area (Å²) in [6.45, 7) is 1.48. The standard InChI is InChI=1S/C5H8ClFO/c1-3(7)5-4(2-6)8-5/h3-5H,2H2,1H3. The van der Waals surface area contributed by atoms with Gasteiger partial charge in [-0.1, -0.05) is 0 Å². The lowest BCUT2D eigenvalue weighted by Gasteiger charge is -1.89. The quantitative estimate of drug-likeness (QED) is 0.415. The van der Waals surface area contributed by atoms with Crippen LogP contribution in [0.25, 0.3) is 0 Å². The largest absolute Gasteiger partial charge is 0.365 e. The van der Waals surface area contributed by atoms with E-state index in [0.29, 0.717) is 5.88 Å². The van der Waals surface area contributed by atoms with Crippen molar-refractivity contribution in [1.82, 2.24) is 0 Å². The van der Waals surface area contributed by atoms with Gasteiger partial charge < -0.3 is 4.74 Å². The van der Waals surface area contributed by atoms with E-state index in [9.17, 15) is 4.39 Å². The van der Waals surface area contributed by atoms with Crippen LogP contribution in [0.3, 0.4) is 0 Å². The van der Waals surface area contributed by atoms with E-state index in [0.717, 1.165) is 0 Å². The van der Waals surface area contributed by atoms with E-state index in [1.165, 1.54) is 6.92 Å². The molecule has 3 heteroatoms. The number of hydrogen-bond donors (Lipinski definition) is 0. The Balaban J connectivity index is 2.16. The topological polar surface area (TPSA) is 12.5 Å². The zero-order valence-corrected chi connectivity index (χ0v) is 5.36. The van der Waals surface area contributed by atoms with E-state index in [4.69, 9.17) is 16.3 Å². The van der Waals surface area contributed by atoms with Crippen molar-refractivity contribution in [2.24, 2.45) is 0 Å². The van der Waals surface area contributed by atoms with Crippen LogP contribution in [-0.2, 0) is 4.74 Å². The normalized spacial score (nSPS) is 39.4. The minimum absolute atomic E-state index is 0.0170. The maximum Gasteiger partial charge on any atom is 0.126 e. The molecule has 3 unspecified atom stereocenters. The molecule has 0 spiro atoms. The van der Waals surface area contributed by atoms with Crippen LogP contribution in [0.1, 0.15) is 6.92 Å². The van der Waals surface area contributed by atoms with E-state index in [1.807, 2.05) is 0 Å². The summed E-state index contributed by atoms with van der Waals surface area (Å²) >= 11 is 5.35. The first kappa shape index (κ1) is 6.30. The van der Waals surface area contributed by atoms with Gasteiger partial charge in [0, 0.05) is 0 Å². The first-order chi connectivity index (χ1) is 3.75. The number of halogens is 2. The molecular formula is C5H8ClFO. The fourth-order valence-electron chi connectivity index (χ4n) is 0.685. The van der Waals surface area contributed by atoms with Crippen LogP contribution >= 0.6 is 11.6 Å². The third-order valence-electron chi connectivity index (χ3n) is 1.23. The Morgan fingerprint density at radius 3 is 2.62 bits per heavy atom. The van der Waals surface area contributed by atoms with Gasteiger partial charge in [-0.15, -0.1) is 11.6 Å². The highest BCUT2D eigenvalue weighted by atomic mass is 35.5. The minimum atomic E-state index is -0.862. The van der Waals surface area contributed by atoms with Crippen molar-refractivity contribution in [2.45, 2.75) is 25.3 Å². The Morgan fingerprint density at radius 2 is 2.50 bits per heavy atom. The van der Waals surface area contributed by atoms with Gasteiger partial charge in [0.1, 0.15) is 18.4 Å². The first-order valence-electron chi connectivity index (χ1n) is 2.61. The van der Waals surface area contributed by atoms with Crippen LogP contribution in [0.5, 0.6) is 0 Å². The van der Waals surface area contributed by atoms with Crippen molar-refractivity contribution in [3.05, 3.63) is 0 Å². The van der Waals surface area contributed by atoms with Gasteiger partial charge >= 0.3 is 0 Å². The molecule has 0 bridgehead atoms. The molecule has 3 atom stereocenters. The molecule has 1 nitrogen and oxygen atoms in total. The maximum atomic E-state index is 12.1. The molecule has 1 aliphatic rings. The summed E-state index contributed by atoms with van der Waals surface area (Å²) in [5, 5.41) is 0. The van der Waals surface area contributed by atoms with Crippen molar-refractivity contribution >= 4 is 11.6 Å². The molecule has 1 fully saturated rings. The highest BCUT2D eigenvalue weighted by Crippen LogP contribution is 2.27. The summed E-state index contributed by atoms with van der Waals surface area (Å²) in [5.74, 6) is 0.416. The zero-order chi connectivity index (χ0) is 6.15. The predicted molar refractivity (Wildman–Crippen MR) is 30.0 cm³/mol. The zero-order valence-electron chi connectivity index (χ0n) is 4.60. The summed E-state index contributed by atoms with van der Waals surface area (Å²) in [6.07, 6.45) is -1.09. The van der Waals surface area contributed by atoms with Crippen LogP contribution in [0, 0.1) is 0 Å². The fraction of sp³-hybridized carbons (Fsp3) is 1.00. The molecule has 1 saturated heterocycles. The number of hydrogen-bond acceptors (Lipinski definition) is 1. The number of alkyl halides is 2. The van der Waals surface area contributed by atoms with E-state index < -0.39 is 6.17 Å². The molecule has 0 radical (unpaired) electrons. The second-order valence-corrected chi connectivity index (χ2v) is 2.28. The van der Waals surface area contributed by atoms with Gasteiger partial charge in [0.2, 0.25) is 0 Å². The van der Waals surface area contributed by atoms with Gasteiger partial charge in [0.05, 0.1) is 5.88 Å². The van der Waals surface area contributed by atoms with Crippen LogP contribution in [0.4, 0.5) is 4.39 Å². The molecule has 1 rings (SSSR count). The molecule has 0 N–H and O–H groups in total. The maximum absolute atomic E-state index is 12.1. The Bertz CT molecular complexity index is 86.5. The molecule has 48 valence electrons. The average molecular weight is 139 g/mol. The lowest BCUT2D eigenvalue weighted by molar-refractivity contribution is 0.264. The van der Waals surface area contributed by atoms with Crippen LogP contribution in [0.15, 0.2) is 0 Å². The van der Waals surface area contributed by atoms with Gasteiger partial charge in [-0.2, -0.15) is 0 Å². The van der Waals surface area contributed by atoms with Crippen molar-refractivity contribution < 1.29 is 9.13 Å². The summed E-state index contributed by atoms with van der Waals surface area (Å²) < 4.78 is 17.0. The van der Waals surface area contributed by atoms with Crippen molar-refractivity contribution in [2.75, 3.05) is 5.88 Å². The second-order valence-electron chi connectivity index (χ2n) is 1.97. The monoisotopic (exact) mass is 138 g/mol. The number of ether oxygens (including phenoxy) is 1. The van der Waals surface area contributed by atoms with Crippen LogP contribution < -0.4 is 0 Å². The van der Waals surface area contributed by atoms with E-state index in [2.05, 4.69) is 0 Å². The van der Waals surface area contributed by atoms with Gasteiger partial charge in [-0.25, -0.2) is 4.39 Å². The van der Waals surface area contributed by atoms with Crippen LogP contribution in [-0.4, -0.2) is 24.3 Å². The van der Waals surface area contributed by atoms with E-state index in [-0.39, 0.29) is 12.2 Å². The number of rotatable bonds is 2. The Kier molecular flexibility index (Phi) is 1.73. The molecule has 0 amide bonds.